The third-order valence-corrected chi connectivity index (χ3v) is 6.76. The van der Waals surface area contributed by atoms with E-state index in [2.05, 4.69) is 31.6 Å². The minimum absolute atomic E-state index is 0.0302. The van der Waals surface area contributed by atoms with Gasteiger partial charge in [0.05, 0.1) is 24.3 Å². The Kier molecular flexibility index (Phi) is 6.44. The van der Waals surface area contributed by atoms with Gasteiger partial charge >= 0.3 is 0 Å². The standard InChI is InChI=1S/C28H25N9O2/c29-16-19-5-4-6-20(13-19)18-35-9-11-36(12-10-35)27-33-25-22(14-21-15-24(38)32-26(21)39)17-30-37(25)28(34-27)31-23-7-2-1-3-8-23/h1-8,13-14,17H,9-12,15,18H2,(H,31,33,34)(H,32,38,39). The van der Waals surface area contributed by atoms with Crippen molar-refractivity contribution in [3.05, 3.63) is 83.1 Å². The molecule has 2 aliphatic rings. The van der Waals surface area contributed by atoms with Crippen molar-refractivity contribution in [3.63, 3.8) is 0 Å². The first kappa shape index (κ1) is 24.3. The SMILES string of the molecule is N#Cc1cccc(CN2CCN(c3nc(Nc4ccccc4)n4ncc(C=C5CC(=O)NC5=O)c4n3)CC2)c1. The molecule has 0 radical (unpaired) electrons. The number of hydrogen-bond acceptors (Lipinski definition) is 9. The largest absolute Gasteiger partial charge is 0.338 e. The maximum absolute atomic E-state index is 12.2. The molecule has 194 valence electrons. The van der Waals surface area contributed by atoms with E-state index in [1.165, 1.54) is 0 Å². The molecule has 2 N–H and O–H groups in total. The van der Waals surface area contributed by atoms with Crippen molar-refractivity contribution >= 4 is 41.1 Å². The summed E-state index contributed by atoms with van der Waals surface area (Å²) in [5.41, 5.74) is 4.17. The van der Waals surface area contributed by atoms with Gasteiger partial charge in [0.15, 0.2) is 5.65 Å². The molecule has 39 heavy (non-hydrogen) atoms. The van der Waals surface area contributed by atoms with Crippen molar-refractivity contribution in [3.8, 4) is 6.07 Å². The first-order chi connectivity index (χ1) is 19.1. The summed E-state index contributed by atoms with van der Waals surface area (Å²) in [6.07, 6.45) is 3.32. The molecule has 0 bridgehead atoms. The van der Waals surface area contributed by atoms with Crippen LogP contribution in [0.1, 0.15) is 23.1 Å². The van der Waals surface area contributed by atoms with Crippen LogP contribution in [0.5, 0.6) is 0 Å². The highest BCUT2D eigenvalue weighted by molar-refractivity contribution is 6.15. The van der Waals surface area contributed by atoms with Gasteiger partial charge in [0, 0.05) is 49.5 Å². The number of benzene rings is 2. The molecule has 11 heteroatoms. The number of rotatable bonds is 6. The van der Waals surface area contributed by atoms with E-state index >= 15 is 0 Å². The van der Waals surface area contributed by atoms with Crippen LogP contribution >= 0.6 is 0 Å². The highest BCUT2D eigenvalue weighted by atomic mass is 16.2. The molecule has 2 saturated heterocycles. The lowest BCUT2D eigenvalue weighted by Crippen LogP contribution is -2.46. The predicted molar refractivity (Wildman–Crippen MR) is 145 cm³/mol. The number of imide groups is 1. The van der Waals surface area contributed by atoms with Crippen LogP contribution in [0.3, 0.4) is 0 Å². The lowest BCUT2D eigenvalue weighted by atomic mass is 10.1. The average molecular weight is 520 g/mol. The van der Waals surface area contributed by atoms with Gasteiger partial charge in [-0.3, -0.25) is 19.8 Å². The fourth-order valence-electron chi connectivity index (χ4n) is 4.77. The fourth-order valence-corrected chi connectivity index (χ4v) is 4.77. The molecular weight excluding hydrogens is 494 g/mol. The summed E-state index contributed by atoms with van der Waals surface area (Å²) in [5, 5.41) is 19.3. The zero-order valence-electron chi connectivity index (χ0n) is 21.0. The van der Waals surface area contributed by atoms with E-state index in [4.69, 9.17) is 9.97 Å². The second-order valence-corrected chi connectivity index (χ2v) is 9.47. The lowest BCUT2D eigenvalue weighted by molar-refractivity contribution is -0.124. The Morgan fingerprint density at radius 2 is 1.85 bits per heavy atom. The van der Waals surface area contributed by atoms with Gasteiger partial charge in [0.2, 0.25) is 17.8 Å². The molecule has 0 aliphatic carbocycles. The van der Waals surface area contributed by atoms with E-state index in [0.717, 1.165) is 44.0 Å². The predicted octanol–water partition coefficient (Wildman–Crippen LogP) is 2.49. The normalized spacial score (nSPS) is 17.0. The van der Waals surface area contributed by atoms with E-state index in [1.54, 1.807) is 16.8 Å². The van der Waals surface area contributed by atoms with Crippen LogP contribution in [0.2, 0.25) is 0 Å². The Labute approximate surface area is 224 Å². The zero-order chi connectivity index (χ0) is 26.8. The number of nitriles is 1. The second kappa shape index (κ2) is 10.4. The second-order valence-electron chi connectivity index (χ2n) is 9.47. The van der Waals surface area contributed by atoms with Gasteiger partial charge in [-0.05, 0) is 35.9 Å². The molecule has 2 fully saturated rings. The highest BCUT2D eigenvalue weighted by Crippen LogP contribution is 2.24. The van der Waals surface area contributed by atoms with Crippen molar-refractivity contribution in [2.24, 2.45) is 0 Å². The van der Waals surface area contributed by atoms with E-state index in [9.17, 15) is 14.9 Å². The minimum atomic E-state index is -0.396. The monoisotopic (exact) mass is 519 g/mol. The van der Waals surface area contributed by atoms with Crippen molar-refractivity contribution in [1.82, 2.24) is 29.8 Å². The molecule has 0 saturated carbocycles. The number of piperazine rings is 1. The van der Waals surface area contributed by atoms with E-state index in [-0.39, 0.29) is 12.3 Å². The number of fused-ring (bicyclic) bond motifs is 1. The molecule has 0 atom stereocenters. The Bertz CT molecular complexity index is 1630. The molecule has 4 heterocycles. The van der Waals surface area contributed by atoms with Crippen LogP contribution in [-0.4, -0.2) is 62.5 Å². The summed E-state index contributed by atoms with van der Waals surface area (Å²) in [6.45, 7) is 3.84. The van der Waals surface area contributed by atoms with Crippen LogP contribution < -0.4 is 15.5 Å². The number of anilines is 3. The Morgan fingerprint density at radius 1 is 1.03 bits per heavy atom. The van der Waals surface area contributed by atoms with Crippen LogP contribution in [0.25, 0.3) is 11.7 Å². The van der Waals surface area contributed by atoms with Gasteiger partial charge in [-0.15, -0.1) is 0 Å². The number of carbonyl (C=O) groups is 2. The Morgan fingerprint density at radius 3 is 2.59 bits per heavy atom. The number of amides is 2. The number of carbonyl (C=O) groups excluding carboxylic acids is 2. The average Bonchev–Trinajstić information content (AvgIpc) is 3.51. The first-order valence-corrected chi connectivity index (χ1v) is 12.6. The highest BCUT2D eigenvalue weighted by Gasteiger charge is 2.26. The smallest absolute Gasteiger partial charge is 0.254 e. The summed E-state index contributed by atoms with van der Waals surface area (Å²) in [7, 11) is 0. The van der Waals surface area contributed by atoms with Crippen molar-refractivity contribution in [2.45, 2.75) is 13.0 Å². The lowest BCUT2D eigenvalue weighted by Gasteiger charge is -2.34. The Balaban J connectivity index is 1.28. The third-order valence-electron chi connectivity index (χ3n) is 6.76. The number of para-hydroxylation sites is 1. The van der Waals surface area contributed by atoms with Gasteiger partial charge in [0.25, 0.3) is 5.91 Å². The third kappa shape index (κ3) is 5.18. The molecule has 2 amide bonds. The van der Waals surface area contributed by atoms with Gasteiger partial charge in [0.1, 0.15) is 0 Å². The molecule has 6 rings (SSSR count). The quantitative estimate of drug-likeness (QED) is 0.291. The molecule has 2 aromatic heterocycles. The summed E-state index contributed by atoms with van der Waals surface area (Å²) in [4.78, 5) is 38.0. The molecule has 11 nitrogen and oxygen atoms in total. The van der Waals surface area contributed by atoms with Gasteiger partial charge < -0.3 is 10.2 Å². The molecule has 2 aliphatic heterocycles. The summed E-state index contributed by atoms with van der Waals surface area (Å²) < 4.78 is 1.61. The van der Waals surface area contributed by atoms with E-state index in [1.807, 2.05) is 54.6 Å². The van der Waals surface area contributed by atoms with Crippen molar-refractivity contribution in [2.75, 3.05) is 36.4 Å². The maximum Gasteiger partial charge on any atom is 0.254 e. The molecule has 0 unspecified atom stereocenters. The zero-order valence-corrected chi connectivity index (χ0v) is 21.0. The van der Waals surface area contributed by atoms with Gasteiger partial charge in [-0.25, -0.2) is 0 Å². The van der Waals surface area contributed by atoms with Crippen LogP contribution in [-0.2, 0) is 16.1 Å². The molecule has 2 aromatic carbocycles. The van der Waals surface area contributed by atoms with Gasteiger partial charge in [-0.1, -0.05) is 30.3 Å². The van der Waals surface area contributed by atoms with Crippen LogP contribution in [0, 0.1) is 11.3 Å². The summed E-state index contributed by atoms with van der Waals surface area (Å²) in [5.74, 6) is 0.335. The Hall–Kier alpha value is -5.08. The van der Waals surface area contributed by atoms with E-state index in [0.29, 0.717) is 34.2 Å². The van der Waals surface area contributed by atoms with Crippen LogP contribution in [0.15, 0.2) is 66.4 Å². The molecular formula is C28H25N9O2. The van der Waals surface area contributed by atoms with Crippen LogP contribution in [0.4, 0.5) is 17.6 Å². The number of aromatic nitrogens is 4. The number of nitrogens with one attached hydrogen (secondary N) is 2. The molecule has 0 spiro atoms. The summed E-state index contributed by atoms with van der Waals surface area (Å²) >= 11 is 0. The number of hydrogen-bond donors (Lipinski definition) is 2. The van der Waals surface area contributed by atoms with E-state index < -0.39 is 5.91 Å². The van der Waals surface area contributed by atoms with Gasteiger partial charge in [-0.2, -0.15) is 24.8 Å². The van der Waals surface area contributed by atoms with Crippen molar-refractivity contribution in [1.29, 1.82) is 5.26 Å². The first-order valence-electron chi connectivity index (χ1n) is 12.6. The molecule has 4 aromatic rings. The minimum Gasteiger partial charge on any atom is -0.338 e. The number of nitrogens with zero attached hydrogens (tertiary/aromatic N) is 7. The maximum atomic E-state index is 12.2. The summed E-state index contributed by atoms with van der Waals surface area (Å²) in [6, 6.07) is 19.6. The fraction of sp³-hybridized carbons (Fsp3) is 0.214. The topological polar surface area (TPSA) is 132 Å². The van der Waals surface area contributed by atoms with Crippen molar-refractivity contribution < 1.29 is 9.59 Å².